The Morgan fingerprint density at radius 2 is 1.76 bits per heavy atom. The van der Waals surface area contributed by atoms with E-state index in [1.54, 1.807) is 4.90 Å². The third-order valence-corrected chi connectivity index (χ3v) is 9.88. The van der Waals surface area contributed by atoms with Crippen LogP contribution in [0.3, 0.4) is 0 Å². The van der Waals surface area contributed by atoms with Crippen LogP contribution in [-0.2, 0) is 25.9 Å². The number of alkyl halides is 3. The molecule has 0 atom stereocenters. The fourth-order valence-corrected chi connectivity index (χ4v) is 7.20. The number of halogens is 3. The lowest BCUT2D eigenvalue weighted by Crippen LogP contribution is -2.55. The first kappa shape index (κ1) is 31.5. The molecule has 2 N–H and O–H groups in total. The maximum atomic E-state index is 14.4. The van der Waals surface area contributed by atoms with Gasteiger partial charge in [0.2, 0.25) is 5.95 Å². The zero-order chi connectivity index (χ0) is 31.7. The lowest BCUT2D eigenvalue weighted by Gasteiger charge is -2.34. The van der Waals surface area contributed by atoms with Gasteiger partial charge in [-0.15, -0.1) is 0 Å². The minimum absolute atomic E-state index is 0.145. The van der Waals surface area contributed by atoms with Crippen LogP contribution in [-0.4, -0.2) is 72.1 Å². The van der Waals surface area contributed by atoms with Gasteiger partial charge in [0.15, 0.2) is 5.69 Å². The number of hydrogen-bond acceptors (Lipinski definition) is 8. The van der Waals surface area contributed by atoms with Gasteiger partial charge in [-0.05, 0) is 74.6 Å². The number of carboxylic acid groups (broad SMARTS) is 1. The summed E-state index contributed by atoms with van der Waals surface area (Å²) in [6.45, 7) is 3.49. The summed E-state index contributed by atoms with van der Waals surface area (Å²) in [7, 11) is 0. The summed E-state index contributed by atoms with van der Waals surface area (Å²) in [6, 6.07) is 5.63. The van der Waals surface area contributed by atoms with Gasteiger partial charge < -0.3 is 29.5 Å². The summed E-state index contributed by atoms with van der Waals surface area (Å²) >= 11 is 0. The predicted molar refractivity (Wildman–Crippen MR) is 157 cm³/mol. The van der Waals surface area contributed by atoms with Gasteiger partial charge in [-0.25, -0.2) is 14.8 Å². The van der Waals surface area contributed by atoms with E-state index in [1.807, 2.05) is 18.2 Å². The van der Waals surface area contributed by atoms with E-state index in [-0.39, 0.29) is 24.2 Å². The Labute approximate surface area is 259 Å². The Hall–Kier alpha value is -3.45. The number of amides is 1. The number of hydrogen-bond donors (Lipinski definition) is 2. The molecule has 1 aromatic carbocycles. The van der Waals surface area contributed by atoms with Crippen LogP contribution in [0, 0.1) is 5.92 Å². The van der Waals surface area contributed by atoms with Crippen LogP contribution in [0.1, 0.15) is 85.8 Å². The normalized spacial score (nSPS) is 21.4. The molecule has 1 spiro atoms. The molecule has 1 amide bonds. The maximum Gasteiger partial charge on any atom is 0.434 e. The van der Waals surface area contributed by atoms with Crippen molar-refractivity contribution < 1.29 is 42.1 Å². The largest absolute Gasteiger partial charge is 0.494 e. The van der Waals surface area contributed by atoms with Gasteiger partial charge in [-0.2, -0.15) is 13.2 Å². The van der Waals surface area contributed by atoms with Crippen LogP contribution in [0.5, 0.6) is 5.75 Å². The Morgan fingerprint density at radius 1 is 1.04 bits per heavy atom. The molecule has 6 rings (SSSR count). The number of nitrogens with zero attached hydrogens (tertiary/aromatic N) is 3. The zero-order valence-corrected chi connectivity index (χ0v) is 25.2. The lowest BCUT2D eigenvalue weighted by atomic mass is 9.76. The highest BCUT2D eigenvalue weighted by atomic mass is 19.4. The average molecular weight is 633 g/mol. The fourth-order valence-electron chi connectivity index (χ4n) is 7.20. The van der Waals surface area contributed by atoms with Crippen LogP contribution in [0.2, 0.25) is 0 Å². The first-order chi connectivity index (χ1) is 21.6. The van der Waals surface area contributed by atoms with E-state index in [0.29, 0.717) is 69.4 Å². The summed E-state index contributed by atoms with van der Waals surface area (Å²) in [5, 5.41) is 12.2. The smallest absolute Gasteiger partial charge is 0.434 e. The molecule has 0 radical (unpaired) electrons. The molecule has 10 nitrogen and oxygen atoms in total. The standard InChI is InChI=1S/C32H39F3N4O6/c33-32(34,35)26-23(27(40)38-31(28(41)42)9-2-1-3-10-31)19-36-29(37-26)39-20-30(11-16-44-17-12-30)24-18-22(4-5-25(24)39)45-15-8-21-6-13-43-14-7-21/h4-5,18-19,21H,1-3,6-17,20H2,(H,38,40)(H,41,42). The van der Waals surface area contributed by atoms with E-state index in [9.17, 15) is 27.9 Å². The number of aliphatic carboxylic acids is 1. The minimum Gasteiger partial charge on any atom is -0.494 e. The van der Waals surface area contributed by atoms with Crippen molar-refractivity contribution in [2.75, 3.05) is 44.5 Å². The molecule has 13 heteroatoms. The average Bonchev–Trinajstić information content (AvgIpc) is 3.34. The van der Waals surface area contributed by atoms with Crippen molar-refractivity contribution in [1.29, 1.82) is 0 Å². The van der Waals surface area contributed by atoms with Crippen molar-refractivity contribution in [3.8, 4) is 5.75 Å². The zero-order valence-electron chi connectivity index (χ0n) is 25.2. The van der Waals surface area contributed by atoms with Crippen molar-refractivity contribution in [1.82, 2.24) is 15.3 Å². The molecule has 4 heterocycles. The molecular formula is C32H39F3N4O6. The number of nitrogens with one attached hydrogen (secondary N) is 1. The number of anilines is 2. The van der Waals surface area contributed by atoms with E-state index < -0.39 is 34.8 Å². The molecular weight excluding hydrogens is 593 g/mol. The molecule has 3 aliphatic heterocycles. The van der Waals surface area contributed by atoms with Gasteiger partial charge >= 0.3 is 12.1 Å². The molecule has 45 heavy (non-hydrogen) atoms. The molecule has 0 bridgehead atoms. The summed E-state index contributed by atoms with van der Waals surface area (Å²) in [5.74, 6) is -1.32. The van der Waals surface area contributed by atoms with Gasteiger partial charge in [0.05, 0.1) is 12.2 Å². The first-order valence-corrected chi connectivity index (χ1v) is 15.8. The third kappa shape index (κ3) is 6.46. The minimum atomic E-state index is -4.98. The second-order valence-electron chi connectivity index (χ2n) is 12.7. The monoisotopic (exact) mass is 632 g/mol. The van der Waals surface area contributed by atoms with Gasteiger partial charge in [0, 0.05) is 50.3 Å². The van der Waals surface area contributed by atoms with Crippen LogP contribution in [0.4, 0.5) is 24.8 Å². The summed E-state index contributed by atoms with van der Waals surface area (Å²) < 4.78 is 60.5. The van der Waals surface area contributed by atoms with E-state index in [1.165, 1.54) is 0 Å². The molecule has 0 unspecified atom stereocenters. The summed E-state index contributed by atoms with van der Waals surface area (Å²) in [6.07, 6.45) is 2.39. The molecule has 1 saturated carbocycles. The van der Waals surface area contributed by atoms with Crippen LogP contribution < -0.4 is 15.0 Å². The van der Waals surface area contributed by atoms with Crippen LogP contribution in [0.25, 0.3) is 0 Å². The topological polar surface area (TPSA) is 123 Å². The van der Waals surface area contributed by atoms with E-state index in [2.05, 4.69) is 15.3 Å². The quantitative estimate of drug-likeness (QED) is 0.393. The number of rotatable bonds is 8. The first-order valence-electron chi connectivity index (χ1n) is 15.8. The number of carbonyl (C=O) groups is 2. The maximum absolute atomic E-state index is 14.4. The second-order valence-corrected chi connectivity index (χ2v) is 12.7. The number of aromatic nitrogens is 2. The summed E-state index contributed by atoms with van der Waals surface area (Å²) in [4.78, 5) is 35.1. The SMILES string of the molecule is O=C(NC1(C(=O)O)CCCCC1)c1cnc(N2CC3(CCOCC3)c3cc(OCCC4CCOCC4)ccc32)nc1C(F)(F)F. The van der Waals surface area contributed by atoms with E-state index in [4.69, 9.17) is 14.2 Å². The second kappa shape index (κ2) is 12.7. The third-order valence-electron chi connectivity index (χ3n) is 9.88. The predicted octanol–water partition coefficient (Wildman–Crippen LogP) is 5.41. The van der Waals surface area contributed by atoms with Gasteiger partial charge in [0.1, 0.15) is 11.3 Å². The number of benzene rings is 1. The number of carbonyl (C=O) groups excluding carboxylic acids is 1. The molecule has 244 valence electrons. The van der Waals surface area contributed by atoms with Gasteiger partial charge in [-0.3, -0.25) is 4.79 Å². The van der Waals surface area contributed by atoms with Crippen molar-refractivity contribution in [2.24, 2.45) is 5.92 Å². The number of fused-ring (bicyclic) bond motifs is 2. The Morgan fingerprint density at radius 3 is 2.44 bits per heavy atom. The van der Waals surface area contributed by atoms with E-state index >= 15 is 0 Å². The molecule has 2 saturated heterocycles. The Kier molecular flexibility index (Phi) is 8.93. The molecule has 1 aliphatic carbocycles. The van der Waals surface area contributed by atoms with Crippen molar-refractivity contribution >= 4 is 23.5 Å². The van der Waals surface area contributed by atoms with Crippen LogP contribution >= 0.6 is 0 Å². The Balaban J connectivity index is 1.28. The molecule has 1 aromatic heterocycles. The highest BCUT2D eigenvalue weighted by Crippen LogP contribution is 2.50. The van der Waals surface area contributed by atoms with Crippen molar-refractivity contribution in [3.05, 3.63) is 41.2 Å². The highest BCUT2D eigenvalue weighted by Gasteiger charge is 2.47. The van der Waals surface area contributed by atoms with Gasteiger partial charge in [-0.1, -0.05) is 19.3 Å². The molecule has 4 aliphatic rings. The van der Waals surface area contributed by atoms with E-state index in [0.717, 1.165) is 50.7 Å². The number of carboxylic acids is 1. The fraction of sp³-hybridized carbons (Fsp3) is 0.625. The van der Waals surface area contributed by atoms with Crippen LogP contribution in [0.15, 0.2) is 24.4 Å². The summed E-state index contributed by atoms with van der Waals surface area (Å²) in [5.41, 5.74) is -2.57. The molecule has 3 fully saturated rings. The highest BCUT2D eigenvalue weighted by molar-refractivity contribution is 5.98. The lowest BCUT2D eigenvalue weighted by molar-refractivity contribution is -0.145. The van der Waals surface area contributed by atoms with Crippen molar-refractivity contribution in [2.45, 2.75) is 81.3 Å². The van der Waals surface area contributed by atoms with Gasteiger partial charge in [0.25, 0.3) is 5.91 Å². The van der Waals surface area contributed by atoms with Crippen molar-refractivity contribution in [3.63, 3.8) is 0 Å². The Bertz CT molecular complexity index is 1400. The number of ether oxygens (including phenoxy) is 3. The molecule has 2 aromatic rings.